The number of carbonyl (C=O) groups excluding carboxylic acids is 2. The van der Waals surface area contributed by atoms with Crippen molar-refractivity contribution in [3.63, 3.8) is 0 Å². The van der Waals surface area contributed by atoms with Crippen molar-refractivity contribution in [2.24, 2.45) is 5.92 Å². The van der Waals surface area contributed by atoms with Gasteiger partial charge in [-0.3, -0.25) is 9.59 Å². The molecule has 3 rings (SSSR count). The standard InChI is InChI=1S/C20H20ClFN2O2S/c1-12(2)19(26)24-17(18(25)23-16-10-6-5-9-15(16)22)11-27-20(24)13-7-3-4-8-14(13)21/h3-10,12,17,20H,11H2,1-2H3,(H,23,25)/t17-,20-/m0/s1. The zero-order chi connectivity index (χ0) is 19.6. The van der Waals surface area contributed by atoms with Gasteiger partial charge in [0, 0.05) is 22.3 Å². The van der Waals surface area contributed by atoms with Gasteiger partial charge in [-0.1, -0.05) is 55.8 Å². The van der Waals surface area contributed by atoms with Crippen LogP contribution in [0.1, 0.15) is 24.8 Å². The lowest BCUT2D eigenvalue weighted by atomic mass is 10.1. The highest BCUT2D eigenvalue weighted by Gasteiger charge is 2.43. The van der Waals surface area contributed by atoms with Crippen molar-refractivity contribution in [3.05, 3.63) is 64.9 Å². The van der Waals surface area contributed by atoms with Gasteiger partial charge in [-0.2, -0.15) is 0 Å². The summed E-state index contributed by atoms with van der Waals surface area (Å²) in [6.07, 6.45) is 0. The largest absolute Gasteiger partial charge is 0.322 e. The van der Waals surface area contributed by atoms with Gasteiger partial charge in [0.2, 0.25) is 11.8 Å². The minimum atomic E-state index is -0.703. The SMILES string of the molecule is CC(C)C(=O)N1[C@H](C(=O)Nc2ccccc2F)CS[C@H]1c1ccccc1Cl. The number of anilines is 1. The van der Waals surface area contributed by atoms with Crippen molar-refractivity contribution in [3.8, 4) is 0 Å². The van der Waals surface area contributed by atoms with Gasteiger partial charge in [-0.15, -0.1) is 11.8 Å². The molecule has 142 valence electrons. The summed E-state index contributed by atoms with van der Waals surface area (Å²) in [7, 11) is 0. The van der Waals surface area contributed by atoms with Crippen LogP contribution in [0.4, 0.5) is 10.1 Å². The van der Waals surface area contributed by atoms with Crippen LogP contribution in [-0.2, 0) is 9.59 Å². The maximum absolute atomic E-state index is 13.9. The van der Waals surface area contributed by atoms with Gasteiger partial charge in [0.15, 0.2) is 0 Å². The summed E-state index contributed by atoms with van der Waals surface area (Å²) in [5.74, 6) is -0.928. The Balaban J connectivity index is 1.90. The molecule has 1 aliphatic rings. The van der Waals surface area contributed by atoms with E-state index in [0.29, 0.717) is 10.8 Å². The van der Waals surface area contributed by atoms with E-state index in [1.54, 1.807) is 36.9 Å². The molecule has 0 aromatic heterocycles. The number of amides is 2. The van der Waals surface area contributed by atoms with Crippen molar-refractivity contribution >= 4 is 40.9 Å². The number of nitrogens with zero attached hydrogens (tertiary/aromatic N) is 1. The van der Waals surface area contributed by atoms with Gasteiger partial charge in [0.05, 0.1) is 5.69 Å². The van der Waals surface area contributed by atoms with Crippen LogP contribution in [0.3, 0.4) is 0 Å². The van der Waals surface area contributed by atoms with Crippen molar-refractivity contribution in [1.82, 2.24) is 4.90 Å². The van der Waals surface area contributed by atoms with E-state index in [1.807, 2.05) is 18.2 Å². The van der Waals surface area contributed by atoms with Crippen LogP contribution in [0.25, 0.3) is 0 Å². The minimum absolute atomic E-state index is 0.102. The molecule has 1 heterocycles. The molecule has 0 radical (unpaired) electrons. The summed E-state index contributed by atoms with van der Waals surface area (Å²) in [4.78, 5) is 27.3. The molecule has 7 heteroatoms. The Bertz CT molecular complexity index is 861. The van der Waals surface area contributed by atoms with Gasteiger partial charge >= 0.3 is 0 Å². The number of nitrogens with one attached hydrogen (secondary N) is 1. The first kappa shape index (κ1) is 19.7. The van der Waals surface area contributed by atoms with Crippen LogP contribution in [0.2, 0.25) is 5.02 Å². The smallest absolute Gasteiger partial charge is 0.248 e. The van der Waals surface area contributed by atoms with Gasteiger partial charge in [0.25, 0.3) is 0 Å². The van der Waals surface area contributed by atoms with Crippen LogP contribution < -0.4 is 5.32 Å². The first-order chi connectivity index (χ1) is 12.9. The molecule has 2 aromatic rings. The quantitative estimate of drug-likeness (QED) is 0.799. The topological polar surface area (TPSA) is 49.4 Å². The number of carbonyl (C=O) groups is 2. The molecule has 1 fully saturated rings. The van der Waals surface area contributed by atoms with Crippen molar-refractivity contribution in [2.45, 2.75) is 25.3 Å². The van der Waals surface area contributed by atoms with Crippen LogP contribution in [-0.4, -0.2) is 28.5 Å². The lowest BCUT2D eigenvalue weighted by Crippen LogP contribution is -2.47. The second kappa shape index (κ2) is 8.31. The molecule has 0 saturated carbocycles. The summed E-state index contributed by atoms with van der Waals surface area (Å²) < 4.78 is 13.9. The second-order valence-electron chi connectivity index (χ2n) is 6.59. The maximum Gasteiger partial charge on any atom is 0.248 e. The Morgan fingerprint density at radius 2 is 1.85 bits per heavy atom. The third kappa shape index (κ3) is 4.12. The fourth-order valence-electron chi connectivity index (χ4n) is 2.97. The number of hydrogen-bond donors (Lipinski definition) is 1. The Morgan fingerprint density at radius 3 is 2.52 bits per heavy atom. The van der Waals surface area contributed by atoms with Crippen LogP contribution >= 0.6 is 23.4 Å². The zero-order valence-electron chi connectivity index (χ0n) is 15.0. The number of hydrogen-bond acceptors (Lipinski definition) is 3. The average Bonchev–Trinajstić information content (AvgIpc) is 3.08. The fourth-order valence-corrected chi connectivity index (χ4v) is 4.75. The zero-order valence-corrected chi connectivity index (χ0v) is 16.6. The molecule has 0 spiro atoms. The number of rotatable bonds is 4. The molecule has 0 unspecified atom stereocenters. The third-order valence-corrected chi connectivity index (χ3v) is 6.00. The number of para-hydroxylation sites is 1. The first-order valence-electron chi connectivity index (χ1n) is 8.63. The monoisotopic (exact) mass is 406 g/mol. The lowest BCUT2D eigenvalue weighted by molar-refractivity contribution is -0.140. The van der Waals surface area contributed by atoms with E-state index in [-0.39, 0.29) is 22.9 Å². The van der Waals surface area contributed by atoms with E-state index < -0.39 is 17.8 Å². The second-order valence-corrected chi connectivity index (χ2v) is 8.11. The molecule has 2 amide bonds. The first-order valence-corrected chi connectivity index (χ1v) is 10.1. The van der Waals surface area contributed by atoms with Gasteiger partial charge in [0.1, 0.15) is 17.2 Å². The number of benzene rings is 2. The Morgan fingerprint density at radius 1 is 1.19 bits per heavy atom. The predicted octanol–water partition coefficient (Wildman–Crippen LogP) is 4.72. The van der Waals surface area contributed by atoms with Gasteiger partial charge in [-0.05, 0) is 18.2 Å². The molecule has 2 aromatic carbocycles. The number of halogens is 2. The molecule has 0 bridgehead atoms. The molecular weight excluding hydrogens is 387 g/mol. The van der Waals surface area contributed by atoms with Crippen LogP contribution in [0, 0.1) is 11.7 Å². The summed E-state index contributed by atoms with van der Waals surface area (Å²) in [6, 6.07) is 12.6. The highest BCUT2D eigenvalue weighted by atomic mass is 35.5. The predicted molar refractivity (Wildman–Crippen MR) is 107 cm³/mol. The molecule has 27 heavy (non-hydrogen) atoms. The fraction of sp³-hybridized carbons (Fsp3) is 0.300. The van der Waals surface area contributed by atoms with E-state index in [9.17, 15) is 14.0 Å². The van der Waals surface area contributed by atoms with Crippen molar-refractivity contribution in [2.75, 3.05) is 11.1 Å². The van der Waals surface area contributed by atoms with E-state index >= 15 is 0 Å². The van der Waals surface area contributed by atoms with Crippen molar-refractivity contribution < 1.29 is 14.0 Å². The Labute approximate surface area is 167 Å². The van der Waals surface area contributed by atoms with Gasteiger partial charge < -0.3 is 10.2 Å². The van der Waals surface area contributed by atoms with Gasteiger partial charge in [-0.25, -0.2) is 4.39 Å². The third-order valence-electron chi connectivity index (χ3n) is 4.35. The Hall–Kier alpha value is -2.05. The van der Waals surface area contributed by atoms with Crippen LogP contribution in [0.5, 0.6) is 0 Å². The Kier molecular flexibility index (Phi) is 6.07. The highest BCUT2D eigenvalue weighted by Crippen LogP contribution is 2.44. The molecule has 4 nitrogen and oxygen atoms in total. The summed E-state index contributed by atoms with van der Waals surface area (Å²) in [5.41, 5.74) is 0.894. The number of thioether (sulfide) groups is 1. The lowest BCUT2D eigenvalue weighted by Gasteiger charge is -2.31. The van der Waals surface area contributed by atoms with E-state index in [4.69, 9.17) is 11.6 Å². The molecule has 1 N–H and O–H groups in total. The van der Waals surface area contributed by atoms with Crippen LogP contribution in [0.15, 0.2) is 48.5 Å². The van der Waals surface area contributed by atoms with E-state index in [2.05, 4.69) is 5.32 Å². The maximum atomic E-state index is 13.9. The highest BCUT2D eigenvalue weighted by molar-refractivity contribution is 7.99. The van der Waals surface area contributed by atoms with Crippen molar-refractivity contribution in [1.29, 1.82) is 0 Å². The minimum Gasteiger partial charge on any atom is -0.322 e. The molecule has 2 atom stereocenters. The van der Waals surface area contributed by atoms with E-state index in [1.165, 1.54) is 23.9 Å². The van der Waals surface area contributed by atoms with E-state index in [0.717, 1.165) is 5.56 Å². The average molecular weight is 407 g/mol. The summed E-state index contributed by atoms with van der Waals surface area (Å²) in [5, 5.41) is 2.80. The molecule has 1 aliphatic heterocycles. The summed E-state index contributed by atoms with van der Waals surface area (Å²) >= 11 is 7.81. The molecule has 0 aliphatic carbocycles. The summed E-state index contributed by atoms with van der Waals surface area (Å²) in [6.45, 7) is 3.58. The normalized spacial score (nSPS) is 19.4. The molecular formula is C20H20ClFN2O2S. The molecule has 1 saturated heterocycles.